The predicted molar refractivity (Wildman–Crippen MR) is 102 cm³/mol. The van der Waals surface area contributed by atoms with Crippen LogP contribution in [0.5, 0.6) is 0 Å². The van der Waals surface area contributed by atoms with Gasteiger partial charge in [0.05, 0.1) is 0 Å². The standard InChI is InChI=1S/C20H22F4S2/c1-5-11-15(21)9-16(22)12(6-2)19(11)25-26-20-13(7-3)17(23)10-18(24)14(20)8-4/h9-10H,5-8H2,1-4H3. The highest BCUT2D eigenvalue weighted by atomic mass is 33.1. The maximum Gasteiger partial charge on any atom is 0.130 e. The first-order valence-electron chi connectivity index (χ1n) is 8.73. The number of hydrogen-bond acceptors (Lipinski definition) is 2. The summed E-state index contributed by atoms with van der Waals surface area (Å²) in [7, 11) is 2.37. The van der Waals surface area contributed by atoms with Crippen molar-refractivity contribution in [1.29, 1.82) is 0 Å². The number of benzene rings is 2. The molecule has 2 aromatic carbocycles. The Morgan fingerprint density at radius 2 is 0.769 bits per heavy atom. The molecule has 26 heavy (non-hydrogen) atoms. The fourth-order valence-electron chi connectivity index (χ4n) is 2.97. The van der Waals surface area contributed by atoms with Crippen LogP contribution in [0.25, 0.3) is 0 Å². The molecule has 0 N–H and O–H groups in total. The molecule has 0 aliphatic carbocycles. The topological polar surface area (TPSA) is 0 Å². The summed E-state index contributed by atoms with van der Waals surface area (Å²) in [4.78, 5) is 1.04. The molecule has 0 heterocycles. The third-order valence-corrected chi connectivity index (χ3v) is 7.03. The van der Waals surface area contributed by atoms with Gasteiger partial charge >= 0.3 is 0 Å². The van der Waals surface area contributed by atoms with E-state index in [2.05, 4.69) is 0 Å². The minimum absolute atomic E-state index is 0.417. The highest BCUT2D eigenvalue weighted by Crippen LogP contribution is 2.46. The average molecular weight is 403 g/mol. The number of hydrogen-bond donors (Lipinski definition) is 0. The van der Waals surface area contributed by atoms with Gasteiger partial charge < -0.3 is 0 Å². The Morgan fingerprint density at radius 3 is 0.962 bits per heavy atom. The Balaban J connectivity index is 2.53. The van der Waals surface area contributed by atoms with E-state index >= 15 is 0 Å². The predicted octanol–water partition coefficient (Wildman–Crippen LogP) is 7.29. The van der Waals surface area contributed by atoms with Gasteiger partial charge in [-0.15, -0.1) is 0 Å². The van der Waals surface area contributed by atoms with Gasteiger partial charge in [0, 0.05) is 44.2 Å². The Bertz CT molecular complexity index is 679. The molecular weight excluding hydrogens is 380 g/mol. The zero-order valence-electron chi connectivity index (χ0n) is 15.3. The first-order chi connectivity index (χ1) is 12.4. The number of halogens is 4. The molecule has 0 aliphatic heterocycles. The van der Waals surface area contributed by atoms with Crippen molar-refractivity contribution >= 4 is 21.6 Å². The van der Waals surface area contributed by atoms with Gasteiger partial charge in [0.1, 0.15) is 23.3 Å². The van der Waals surface area contributed by atoms with Gasteiger partial charge in [0.15, 0.2) is 0 Å². The summed E-state index contributed by atoms with van der Waals surface area (Å²) in [6, 6.07) is 1.84. The van der Waals surface area contributed by atoms with Crippen molar-refractivity contribution in [2.75, 3.05) is 0 Å². The Morgan fingerprint density at radius 1 is 0.538 bits per heavy atom. The van der Waals surface area contributed by atoms with E-state index in [0.29, 0.717) is 57.7 Å². The Kier molecular flexibility index (Phi) is 7.47. The van der Waals surface area contributed by atoms with Crippen molar-refractivity contribution in [1.82, 2.24) is 0 Å². The van der Waals surface area contributed by atoms with E-state index in [1.54, 1.807) is 27.7 Å². The van der Waals surface area contributed by atoms with Crippen LogP contribution in [0.1, 0.15) is 49.9 Å². The molecule has 0 aromatic heterocycles. The summed E-state index contributed by atoms with van der Waals surface area (Å²) < 4.78 is 56.8. The molecule has 0 bridgehead atoms. The van der Waals surface area contributed by atoms with Gasteiger partial charge in [0.2, 0.25) is 0 Å². The molecule has 0 saturated heterocycles. The lowest BCUT2D eigenvalue weighted by atomic mass is 10.1. The maximum absolute atomic E-state index is 14.2. The third-order valence-electron chi connectivity index (χ3n) is 4.38. The lowest BCUT2D eigenvalue weighted by Crippen LogP contribution is -2.02. The van der Waals surface area contributed by atoms with Gasteiger partial charge in [-0.3, -0.25) is 0 Å². The molecule has 0 fully saturated rings. The van der Waals surface area contributed by atoms with E-state index in [1.165, 1.54) is 21.6 Å². The molecule has 2 aromatic rings. The van der Waals surface area contributed by atoms with E-state index < -0.39 is 23.3 Å². The summed E-state index contributed by atoms with van der Waals surface area (Å²) >= 11 is 0. The van der Waals surface area contributed by atoms with Crippen molar-refractivity contribution < 1.29 is 17.6 Å². The second-order valence-corrected chi connectivity index (χ2v) is 7.98. The van der Waals surface area contributed by atoms with Gasteiger partial charge in [-0.2, -0.15) is 0 Å². The van der Waals surface area contributed by atoms with Crippen LogP contribution in [0.15, 0.2) is 21.9 Å². The smallest absolute Gasteiger partial charge is 0.130 e. The largest absolute Gasteiger partial charge is 0.207 e. The molecule has 0 unspecified atom stereocenters. The van der Waals surface area contributed by atoms with Gasteiger partial charge in [0.25, 0.3) is 0 Å². The molecular formula is C20H22F4S2. The van der Waals surface area contributed by atoms with Gasteiger partial charge in [-0.1, -0.05) is 49.3 Å². The van der Waals surface area contributed by atoms with E-state index in [4.69, 9.17) is 0 Å². The molecule has 0 aliphatic rings. The van der Waals surface area contributed by atoms with Crippen LogP contribution in [-0.2, 0) is 25.7 Å². The first kappa shape index (κ1) is 21.2. The second kappa shape index (κ2) is 9.18. The maximum atomic E-state index is 14.2. The molecule has 2 rings (SSSR count). The fourth-order valence-corrected chi connectivity index (χ4v) is 6.21. The van der Waals surface area contributed by atoms with Crippen LogP contribution in [0.3, 0.4) is 0 Å². The van der Waals surface area contributed by atoms with E-state index in [9.17, 15) is 17.6 Å². The van der Waals surface area contributed by atoms with Crippen molar-refractivity contribution in [3.63, 3.8) is 0 Å². The Hall–Kier alpha value is -1.14. The number of rotatable bonds is 7. The minimum Gasteiger partial charge on any atom is -0.207 e. The van der Waals surface area contributed by atoms with Gasteiger partial charge in [-0.25, -0.2) is 17.6 Å². The molecule has 6 heteroatoms. The second-order valence-electron chi connectivity index (χ2n) is 5.83. The summed E-state index contributed by atoms with van der Waals surface area (Å²) in [5.74, 6) is -2.33. The van der Waals surface area contributed by atoms with Gasteiger partial charge in [-0.05, 0) is 25.7 Å². The fraction of sp³-hybridized carbons (Fsp3) is 0.400. The zero-order chi connectivity index (χ0) is 19.4. The molecule has 0 radical (unpaired) electrons. The average Bonchev–Trinajstić information content (AvgIpc) is 2.59. The highest BCUT2D eigenvalue weighted by Gasteiger charge is 2.21. The summed E-state index contributed by atoms with van der Waals surface area (Å²) in [5.41, 5.74) is 1.75. The van der Waals surface area contributed by atoms with Crippen LogP contribution in [0.2, 0.25) is 0 Å². The lowest BCUT2D eigenvalue weighted by Gasteiger charge is -2.17. The molecule has 0 amide bonds. The molecule has 0 spiro atoms. The van der Waals surface area contributed by atoms with Crippen LogP contribution in [-0.4, -0.2) is 0 Å². The lowest BCUT2D eigenvalue weighted by molar-refractivity contribution is 0.554. The van der Waals surface area contributed by atoms with Crippen molar-refractivity contribution in [2.45, 2.75) is 63.2 Å². The van der Waals surface area contributed by atoms with Crippen molar-refractivity contribution in [3.8, 4) is 0 Å². The molecule has 142 valence electrons. The van der Waals surface area contributed by atoms with Crippen LogP contribution < -0.4 is 0 Å². The SMILES string of the molecule is CCc1c(F)cc(F)c(CC)c1SSc1c(CC)c(F)cc(F)c1CC. The van der Waals surface area contributed by atoms with E-state index in [0.717, 1.165) is 12.1 Å². The van der Waals surface area contributed by atoms with E-state index in [-0.39, 0.29) is 0 Å². The van der Waals surface area contributed by atoms with Crippen molar-refractivity contribution in [2.24, 2.45) is 0 Å². The van der Waals surface area contributed by atoms with Crippen LogP contribution in [0, 0.1) is 23.3 Å². The van der Waals surface area contributed by atoms with Crippen LogP contribution in [0.4, 0.5) is 17.6 Å². The third kappa shape index (κ3) is 4.06. The Labute approximate surface area is 160 Å². The highest BCUT2D eigenvalue weighted by molar-refractivity contribution is 8.76. The van der Waals surface area contributed by atoms with Crippen LogP contribution >= 0.6 is 21.6 Å². The monoisotopic (exact) mass is 402 g/mol. The molecule has 0 saturated carbocycles. The minimum atomic E-state index is -0.581. The quantitative estimate of drug-likeness (QED) is 0.352. The summed E-state index contributed by atoms with van der Waals surface area (Å²) in [6.45, 7) is 7.23. The summed E-state index contributed by atoms with van der Waals surface area (Å²) in [6.07, 6.45) is 1.67. The first-order valence-corrected chi connectivity index (χ1v) is 10.9. The zero-order valence-corrected chi connectivity index (χ0v) is 16.9. The summed E-state index contributed by atoms with van der Waals surface area (Å²) in [5, 5.41) is 0. The van der Waals surface area contributed by atoms with E-state index in [1.807, 2.05) is 0 Å². The molecule has 0 atom stereocenters. The molecule has 0 nitrogen and oxygen atoms in total. The van der Waals surface area contributed by atoms with Crippen molar-refractivity contribution in [3.05, 3.63) is 57.7 Å². The normalized spacial score (nSPS) is 11.2.